The highest BCUT2D eigenvalue weighted by atomic mass is 32.2. The highest BCUT2D eigenvalue weighted by molar-refractivity contribution is 7.91. The molecule has 0 atom stereocenters. The van der Waals surface area contributed by atoms with Crippen LogP contribution in [0.2, 0.25) is 0 Å². The van der Waals surface area contributed by atoms with Crippen LogP contribution in [0.5, 0.6) is 0 Å². The number of hydrazine groups is 1. The minimum Gasteiger partial charge on any atom is -0.369 e. The number of nitrogen functional groups attached to an aromatic ring is 1. The first-order valence-corrected chi connectivity index (χ1v) is 7.61. The predicted molar refractivity (Wildman–Crippen MR) is 72.0 cm³/mol. The molecule has 0 radical (unpaired) electrons. The van der Waals surface area contributed by atoms with Crippen molar-refractivity contribution in [3.8, 4) is 0 Å². The molecule has 1 rings (SSSR count). The Bertz CT molecular complexity index is 467. The average Bonchev–Trinajstić information content (AvgIpc) is 2.38. The average molecular weight is 273 g/mol. The van der Waals surface area contributed by atoms with Crippen molar-refractivity contribution < 1.29 is 8.42 Å². The summed E-state index contributed by atoms with van der Waals surface area (Å²) in [5.74, 6) is 7.25. The maximum absolute atomic E-state index is 11.3. The van der Waals surface area contributed by atoms with Gasteiger partial charge in [-0.1, -0.05) is 13.8 Å². The first-order valence-electron chi connectivity index (χ1n) is 5.79. The Morgan fingerprint density at radius 2 is 1.94 bits per heavy atom. The molecule has 0 aliphatic heterocycles. The number of hydrogen-bond donors (Lipinski definition) is 3. The molecule has 1 aromatic rings. The van der Waals surface area contributed by atoms with E-state index in [9.17, 15) is 8.42 Å². The number of aromatic nitrogens is 2. The summed E-state index contributed by atoms with van der Waals surface area (Å²) in [6.07, 6.45) is 0.678. The zero-order valence-corrected chi connectivity index (χ0v) is 11.4. The molecule has 0 bridgehead atoms. The lowest BCUT2D eigenvalue weighted by Crippen LogP contribution is -2.18. The molecule has 4 N–H and O–H groups in total. The van der Waals surface area contributed by atoms with Crippen molar-refractivity contribution in [2.45, 2.75) is 20.3 Å². The summed E-state index contributed by atoms with van der Waals surface area (Å²) in [5.41, 5.74) is 2.45. The van der Waals surface area contributed by atoms with Crippen LogP contribution in [0.15, 0.2) is 6.07 Å². The number of nitrogens with one attached hydrogen (secondary N) is 2. The Hall–Kier alpha value is -1.41. The number of sulfone groups is 1. The highest BCUT2D eigenvalue weighted by Gasteiger charge is 2.07. The first kappa shape index (κ1) is 14.7. The molecule has 0 spiro atoms. The molecule has 1 aromatic heterocycles. The van der Waals surface area contributed by atoms with Crippen LogP contribution in [-0.2, 0) is 16.3 Å². The first-order chi connectivity index (χ1) is 8.50. The van der Waals surface area contributed by atoms with Gasteiger partial charge < -0.3 is 10.7 Å². The van der Waals surface area contributed by atoms with Gasteiger partial charge in [-0.3, -0.25) is 0 Å². The zero-order valence-electron chi connectivity index (χ0n) is 10.6. The van der Waals surface area contributed by atoms with Crippen LogP contribution in [-0.4, -0.2) is 36.4 Å². The molecule has 1 heterocycles. The van der Waals surface area contributed by atoms with Crippen LogP contribution in [0.25, 0.3) is 0 Å². The van der Waals surface area contributed by atoms with Gasteiger partial charge in [-0.25, -0.2) is 24.2 Å². The van der Waals surface area contributed by atoms with E-state index < -0.39 is 9.84 Å². The molecule has 0 amide bonds. The summed E-state index contributed by atoms with van der Waals surface area (Å²) in [5, 5.41) is 2.96. The van der Waals surface area contributed by atoms with Crippen molar-refractivity contribution in [2.24, 2.45) is 5.84 Å². The van der Waals surface area contributed by atoms with Crippen molar-refractivity contribution in [3.63, 3.8) is 0 Å². The number of nitrogens with two attached hydrogens (primary N) is 1. The zero-order chi connectivity index (χ0) is 13.6. The van der Waals surface area contributed by atoms with E-state index in [1.165, 1.54) is 0 Å². The van der Waals surface area contributed by atoms with Gasteiger partial charge in [0.05, 0.1) is 5.75 Å². The van der Waals surface area contributed by atoms with Gasteiger partial charge in [0.15, 0.2) is 9.84 Å². The summed E-state index contributed by atoms with van der Waals surface area (Å²) in [6, 6.07) is 1.64. The van der Waals surface area contributed by atoms with Crippen LogP contribution >= 0.6 is 0 Å². The molecule has 0 aliphatic carbocycles. The fourth-order valence-corrected chi connectivity index (χ4v) is 2.00. The smallest absolute Gasteiger partial charge is 0.151 e. The Balaban J connectivity index is 2.67. The number of nitrogens with zero attached hydrogens (tertiary/aromatic N) is 2. The molecular formula is C10H19N5O2S. The second-order valence-corrected chi connectivity index (χ2v) is 6.19. The third kappa shape index (κ3) is 4.46. The second kappa shape index (κ2) is 6.50. The normalized spacial score (nSPS) is 11.3. The Morgan fingerprint density at radius 3 is 2.50 bits per heavy atom. The van der Waals surface area contributed by atoms with Crippen LogP contribution in [0.3, 0.4) is 0 Å². The van der Waals surface area contributed by atoms with E-state index >= 15 is 0 Å². The molecule has 7 nitrogen and oxygen atoms in total. The van der Waals surface area contributed by atoms with Crippen LogP contribution < -0.4 is 16.6 Å². The Kier molecular flexibility index (Phi) is 5.29. The van der Waals surface area contributed by atoms with Gasteiger partial charge >= 0.3 is 0 Å². The monoisotopic (exact) mass is 273 g/mol. The lowest BCUT2D eigenvalue weighted by molar-refractivity contribution is 0.597. The fourth-order valence-electron chi connectivity index (χ4n) is 1.30. The van der Waals surface area contributed by atoms with Gasteiger partial charge in [-0.15, -0.1) is 0 Å². The molecule has 0 unspecified atom stereocenters. The van der Waals surface area contributed by atoms with Crippen LogP contribution in [0.1, 0.15) is 19.7 Å². The molecule has 18 heavy (non-hydrogen) atoms. The van der Waals surface area contributed by atoms with Gasteiger partial charge in [0, 0.05) is 24.8 Å². The summed E-state index contributed by atoms with van der Waals surface area (Å²) < 4.78 is 22.7. The standard InChI is InChI=1S/C10H19N5O2S/c1-3-8-13-9(7-10(14-8)15-11)12-5-6-18(16,17)4-2/h7H,3-6,11H2,1-2H3,(H2,12,13,14,15). The third-order valence-corrected chi connectivity index (χ3v) is 4.10. The van der Waals surface area contributed by atoms with Gasteiger partial charge in [0.25, 0.3) is 0 Å². The van der Waals surface area contributed by atoms with E-state index in [1.807, 2.05) is 6.92 Å². The van der Waals surface area contributed by atoms with Gasteiger partial charge in [-0.05, 0) is 0 Å². The quantitative estimate of drug-likeness (QED) is 0.480. The maximum Gasteiger partial charge on any atom is 0.151 e. The van der Waals surface area contributed by atoms with Crippen LogP contribution in [0.4, 0.5) is 11.6 Å². The van der Waals surface area contributed by atoms with E-state index in [4.69, 9.17) is 5.84 Å². The molecule has 8 heteroatoms. The number of hydrogen-bond acceptors (Lipinski definition) is 7. The largest absolute Gasteiger partial charge is 0.369 e. The summed E-state index contributed by atoms with van der Waals surface area (Å²) >= 11 is 0. The number of rotatable bonds is 7. The Morgan fingerprint density at radius 1 is 1.28 bits per heavy atom. The minimum atomic E-state index is -2.97. The van der Waals surface area contributed by atoms with Crippen molar-refractivity contribution >= 4 is 21.5 Å². The van der Waals surface area contributed by atoms with E-state index in [-0.39, 0.29) is 11.5 Å². The van der Waals surface area contributed by atoms with Crippen molar-refractivity contribution in [2.75, 3.05) is 28.8 Å². The molecule has 102 valence electrons. The van der Waals surface area contributed by atoms with E-state index in [2.05, 4.69) is 20.7 Å². The molecule has 0 aliphatic rings. The minimum absolute atomic E-state index is 0.0837. The van der Waals surface area contributed by atoms with Gasteiger partial charge in [0.2, 0.25) is 0 Å². The van der Waals surface area contributed by atoms with E-state index in [0.29, 0.717) is 30.4 Å². The van der Waals surface area contributed by atoms with Crippen molar-refractivity contribution in [1.29, 1.82) is 0 Å². The van der Waals surface area contributed by atoms with Crippen molar-refractivity contribution in [3.05, 3.63) is 11.9 Å². The second-order valence-electron chi connectivity index (χ2n) is 3.72. The lowest BCUT2D eigenvalue weighted by Gasteiger charge is -2.08. The SMILES string of the molecule is CCc1nc(NN)cc(NCCS(=O)(=O)CC)n1. The third-order valence-electron chi connectivity index (χ3n) is 2.40. The van der Waals surface area contributed by atoms with E-state index in [0.717, 1.165) is 0 Å². The topological polar surface area (TPSA) is 110 Å². The fraction of sp³-hybridized carbons (Fsp3) is 0.600. The molecule has 0 saturated carbocycles. The highest BCUT2D eigenvalue weighted by Crippen LogP contribution is 2.10. The summed E-state index contributed by atoms with van der Waals surface area (Å²) in [7, 11) is -2.97. The predicted octanol–water partition coefficient (Wildman–Crippen LogP) is 0.171. The molecular weight excluding hydrogens is 254 g/mol. The lowest BCUT2D eigenvalue weighted by atomic mass is 10.4. The Labute approximate surface area is 107 Å². The van der Waals surface area contributed by atoms with Gasteiger partial charge in [-0.2, -0.15) is 0 Å². The van der Waals surface area contributed by atoms with Crippen LogP contribution in [0, 0.1) is 0 Å². The van der Waals surface area contributed by atoms with Gasteiger partial charge in [0.1, 0.15) is 17.5 Å². The number of aryl methyl sites for hydroxylation is 1. The molecule has 0 fully saturated rings. The molecule has 0 aromatic carbocycles. The van der Waals surface area contributed by atoms with Crippen molar-refractivity contribution in [1.82, 2.24) is 9.97 Å². The van der Waals surface area contributed by atoms with E-state index in [1.54, 1.807) is 13.0 Å². The molecule has 0 saturated heterocycles. The number of anilines is 2. The summed E-state index contributed by atoms with van der Waals surface area (Å²) in [4.78, 5) is 8.37. The summed E-state index contributed by atoms with van der Waals surface area (Å²) in [6.45, 7) is 3.88. The maximum atomic E-state index is 11.3.